The van der Waals surface area contributed by atoms with Crippen LogP contribution in [0, 0.1) is 32.9 Å². The van der Waals surface area contributed by atoms with Crippen LogP contribution in [0.2, 0.25) is 0 Å². The summed E-state index contributed by atoms with van der Waals surface area (Å²) in [6, 6.07) is 46.0. The van der Waals surface area contributed by atoms with Crippen LogP contribution in [-0.2, 0) is 20.1 Å². The van der Waals surface area contributed by atoms with Crippen molar-refractivity contribution in [3.63, 3.8) is 0 Å². The average molecular weight is 790 g/mol. The van der Waals surface area contributed by atoms with Crippen LogP contribution in [0.4, 0.5) is 22.7 Å². The Morgan fingerprint density at radius 1 is 0.723 bits per heavy atom. The van der Waals surface area contributed by atoms with Gasteiger partial charge in [0.2, 0.25) is 5.69 Å². The molecule has 4 heterocycles. The molecule has 0 amide bonds. The number of fused-ring (bicyclic) bond motifs is 4. The van der Waals surface area contributed by atoms with E-state index in [1.165, 1.54) is 22.1 Å². The molecule has 0 saturated heterocycles. The molecule has 4 aromatic carbocycles. The molecule has 8 rings (SSSR count). The van der Waals surface area contributed by atoms with Gasteiger partial charge < -0.3 is 9.55 Å². The standard InChI is InChI=1S/C27H21N4.C14H14N.Ir/c1-19(2)31-26-17-21(14-15-22(26)23-11-8-16-28-27(23)31)30-18-29(20-9-4-3-5-10-20)24-12-6-7-13-25(24)30;1-10-4-6-13(7-5-10)14-8-11(2)12(3)9-15-14;/h3-13,15-17,19H,1-2H3;4-6,8-9H,1-3H3;/q+1;-1;. The number of nitrogens with zero attached hydrogens (tertiary/aromatic N) is 5. The van der Waals surface area contributed by atoms with Crippen LogP contribution in [0.25, 0.3) is 33.2 Å². The molecule has 1 aliphatic rings. The fourth-order valence-corrected chi connectivity index (χ4v) is 5.89. The zero-order valence-corrected chi connectivity index (χ0v) is 29.5. The third kappa shape index (κ3) is 6.12. The quantitative estimate of drug-likeness (QED) is 0.132. The summed E-state index contributed by atoms with van der Waals surface area (Å²) in [7, 11) is 0. The van der Waals surface area contributed by atoms with E-state index in [2.05, 4.69) is 161 Å². The second kappa shape index (κ2) is 13.4. The molecule has 6 heteroatoms. The van der Waals surface area contributed by atoms with Crippen LogP contribution in [0.3, 0.4) is 0 Å². The summed E-state index contributed by atoms with van der Waals surface area (Å²) in [6.45, 7) is 10.6. The molecular weight excluding hydrogens is 755 g/mol. The molecule has 0 unspecified atom stereocenters. The zero-order valence-electron chi connectivity index (χ0n) is 27.1. The van der Waals surface area contributed by atoms with Gasteiger partial charge in [-0.05, 0) is 55.0 Å². The molecule has 5 nitrogen and oxygen atoms in total. The number of aromatic nitrogens is 3. The monoisotopic (exact) mass is 790 g/mol. The molecule has 0 saturated carbocycles. The SMILES string of the molecule is CC(C)n1c2cc([N+]3=C=[N+](c4ccccc4)c4ccccc43)[c-]cc2c2cccnc21.Cc1c[c-]c(-c2cc(C)c(C)cn2)cc1.[Ir]. The normalized spacial score (nSPS) is 11.9. The molecule has 0 bridgehead atoms. The first-order chi connectivity index (χ1) is 22.4. The van der Waals surface area contributed by atoms with E-state index in [0.29, 0.717) is 6.04 Å². The van der Waals surface area contributed by atoms with Crippen LogP contribution < -0.4 is 9.15 Å². The summed E-state index contributed by atoms with van der Waals surface area (Å²) < 4.78 is 6.50. The number of hydrogen-bond acceptors (Lipinski definition) is 2. The van der Waals surface area contributed by atoms with Crippen LogP contribution in [0.1, 0.15) is 36.6 Å². The van der Waals surface area contributed by atoms with Crippen molar-refractivity contribution in [2.75, 3.05) is 0 Å². The zero-order chi connectivity index (χ0) is 31.8. The fraction of sp³-hybridized carbons (Fsp3) is 0.146. The molecule has 0 fully saturated rings. The largest absolute Gasteiger partial charge is 0.501 e. The summed E-state index contributed by atoms with van der Waals surface area (Å²) in [6.07, 6.45) is 3.78. The Hall–Kier alpha value is -4.99. The third-order valence-corrected chi connectivity index (χ3v) is 8.43. The van der Waals surface area contributed by atoms with Gasteiger partial charge in [0.05, 0.1) is 0 Å². The van der Waals surface area contributed by atoms with Gasteiger partial charge in [0.15, 0.2) is 0 Å². The van der Waals surface area contributed by atoms with E-state index in [1.54, 1.807) is 0 Å². The smallest absolute Gasteiger partial charge is 0.347 e. The van der Waals surface area contributed by atoms with E-state index in [9.17, 15) is 0 Å². The summed E-state index contributed by atoms with van der Waals surface area (Å²) in [5.74, 6) is 0. The van der Waals surface area contributed by atoms with E-state index in [-0.39, 0.29) is 20.1 Å². The van der Waals surface area contributed by atoms with Crippen LogP contribution in [0.5, 0.6) is 0 Å². The van der Waals surface area contributed by atoms with Gasteiger partial charge >= 0.3 is 6.01 Å². The van der Waals surface area contributed by atoms with Crippen molar-refractivity contribution in [3.05, 3.63) is 144 Å². The van der Waals surface area contributed by atoms with Gasteiger partial charge in [-0.25, -0.2) is 4.98 Å². The van der Waals surface area contributed by atoms with Gasteiger partial charge in [0.25, 0.3) is 11.4 Å². The minimum atomic E-state index is 0. The summed E-state index contributed by atoms with van der Waals surface area (Å²) in [5.41, 5.74) is 12.2. The second-order valence-electron chi connectivity index (χ2n) is 12.0. The molecule has 1 radical (unpaired) electrons. The molecule has 0 aliphatic carbocycles. The molecule has 47 heavy (non-hydrogen) atoms. The number of pyridine rings is 2. The Labute approximate surface area is 289 Å². The number of rotatable bonds is 4. The summed E-state index contributed by atoms with van der Waals surface area (Å²) in [5, 5.41) is 2.34. The third-order valence-electron chi connectivity index (χ3n) is 8.43. The molecule has 3 aromatic heterocycles. The average Bonchev–Trinajstić information content (AvgIpc) is 3.63. The Kier molecular flexibility index (Phi) is 9.11. The number of hydrogen-bond donors (Lipinski definition) is 0. The minimum absolute atomic E-state index is 0. The van der Waals surface area contributed by atoms with E-state index in [1.807, 2.05) is 30.6 Å². The molecule has 0 spiro atoms. The first-order valence-corrected chi connectivity index (χ1v) is 15.6. The van der Waals surface area contributed by atoms with Crippen molar-refractivity contribution in [2.24, 2.45) is 0 Å². The van der Waals surface area contributed by atoms with Gasteiger partial charge in [-0.3, -0.25) is 0 Å². The topological polar surface area (TPSA) is 36.7 Å². The van der Waals surface area contributed by atoms with E-state index in [0.717, 1.165) is 50.6 Å². The van der Waals surface area contributed by atoms with Crippen LogP contribution >= 0.6 is 0 Å². The maximum Gasteiger partial charge on any atom is 0.501 e. The van der Waals surface area contributed by atoms with Crippen molar-refractivity contribution in [3.8, 4) is 11.3 Å². The number of benzene rings is 4. The van der Waals surface area contributed by atoms with E-state index in [4.69, 9.17) is 0 Å². The van der Waals surface area contributed by atoms with Gasteiger partial charge in [-0.1, -0.05) is 71.1 Å². The van der Waals surface area contributed by atoms with Gasteiger partial charge in [-0.2, -0.15) is 6.07 Å². The number of para-hydroxylation sites is 3. The van der Waals surface area contributed by atoms with Gasteiger partial charge in [0.1, 0.15) is 11.3 Å². The Bertz CT molecular complexity index is 2290. The molecule has 0 N–H and O–H groups in total. The minimum Gasteiger partial charge on any atom is -0.347 e. The van der Waals surface area contributed by atoms with Crippen molar-refractivity contribution >= 4 is 50.7 Å². The molecule has 0 atom stereocenters. The fourth-order valence-electron chi connectivity index (χ4n) is 5.89. The van der Waals surface area contributed by atoms with Crippen LogP contribution in [0.15, 0.2) is 116 Å². The second-order valence-corrected chi connectivity index (χ2v) is 12.0. The van der Waals surface area contributed by atoms with Crippen molar-refractivity contribution in [1.82, 2.24) is 23.7 Å². The Balaban J connectivity index is 0.000000204. The van der Waals surface area contributed by atoms with Crippen molar-refractivity contribution in [1.29, 1.82) is 0 Å². The Morgan fingerprint density at radius 3 is 2.17 bits per heavy atom. The maximum absolute atomic E-state index is 4.67. The van der Waals surface area contributed by atoms with Crippen LogP contribution in [-0.4, -0.2) is 20.5 Å². The predicted octanol–water partition coefficient (Wildman–Crippen LogP) is 9.90. The number of aryl methyl sites for hydroxylation is 3. The van der Waals surface area contributed by atoms with E-state index >= 15 is 0 Å². The first-order valence-electron chi connectivity index (χ1n) is 15.6. The molecule has 233 valence electrons. The first kappa shape index (κ1) is 32.0. The summed E-state index contributed by atoms with van der Waals surface area (Å²) in [4.78, 5) is 9.07. The maximum atomic E-state index is 4.67. The van der Waals surface area contributed by atoms with Crippen molar-refractivity contribution in [2.45, 2.75) is 40.7 Å². The molecule has 7 aromatic rings. The molecular formula is C41H35IrN5. The Morgan fingerprint density at radius 2 is 1.47 bits per heavy atom. The van der Waals surface area contributed by atoms with Gasteiger partial charge in [0, 0.05) is 62.8 Å². The van der Waals surface area contributed by atoms with Crippen molar-refractivity contribution < 1.29 is 20.1 Å². The molecule has 1 aliphatic heterocycles. The summed E-state index contributed by atoms with van der Waals surface area (Å²) >= 11 is 0. The predicted molar refractivity (Wildman–Crippen MR) is 190 cm³/mol. The van der Waals surface area contributed by atoms with E-state index < -0.39 is 0 Å². The van der Waals surface area contributed by atoms with Gasteiger partial charge in [-0.15, -0.1) is 46.8 Å².